The monoisotopic (exact) mass is 202 g/mol. The van der Waals surface area contributed by atoms with Crippen LogP contribution in [0.4, 0.5) is 0 Å². The van der Waals surface area contributed by atoms with Crippen molar-refractivity contribution >= 4 is 0 Å². The second-order valence-electron chi connectivity index (χ2n) is 3.91. The van der Waals surface area contributed by atoms with E-state index in [9.17, 15) is 4.79 Å². The number of hydrogen-bond donors (Lipinski definition) is 0. The van der Waals surface area contributed by atoms with Crippen molar-refractivity contribution in [2.75, 3.05) is 0 Å². The van der Waals surface area contributed by atoms with Gasteiger partial charge in [0, 0.05) is 24.7 Å². The van der Waals surface area contributed by atoms with Gasteiger partial charge in [-0.25, -0.2) is 0 Å². The molecule has 15 heavy (non-hydrogen) atoms. The Bertz CT molecular complexity index is 454. The summed E-state index contributed by atoms with van der Waals surface area (Å²) in [6.07, 6.45) is 4.55. The van der Waals surface area contributed by atoms with Crippen LogP contribution in [0.3, 0.4) is 0 Å². The van der Waals surface area contributed by atoms with E-state index in [0.717, 1.165) is 25.7 Å². The highest BCUT2D eigenvalue weighted by Crippen LogP contribution is 2.19. The minimum atomic E-state index is 0.0774. The SMILES string of the molecule is N#CCCCn1c2c(ccc1=O)CCC2. The topological polar surface area (TPSA) is 45.8 Å². The zero-order chi connectivity index (χ0) is 10.7. The molecule has 0 unspecified atom stereocenters. The van der Waals surface area contributed by atoms with E-state index in [-0.39, 0.29) is 5.56 Å². The summed E-state index contributed by atoms with van der Waals surface area (Å²) in [6.45, 7) is 0.690. The molecule has 0 saturated carbocycles. The minimum absolute atomic E-state index is 0.0774. The number of aromatic nitrogens is 1. The Morgan fingerprint density at radius 3 is 3.07 bits per heavy atom. The van der Waals surface area contributed by atoms with Crippen molar-refractivity contribution < 1.29 is 0 Å². The first-order valence-corrected chi connectivity index (χ1v) is 5.41. The van der Waals surface area contributed by atoms with Crippen LogP contribution in [0.5, 0.6) is 0 Å². The molecule has 3 heteroatoms. The molecule has 3 nitrogen and oxygen atoms in total. The third-order valence-corrected chi connectivity index (χ3v) is 2.92. The van der Waals surface area contributed by atoms with E-state index in [2.05, 4.69) is 6.07 Å². The maximum atomic E-state index is 11.7. The highest BCUT2D eigenvalue weighted by Gasteiger charge is 2.14. The average Bonchev–Trinajstić information content (AvgIpc) is 2.69. The number of nitrogens with zero attached hydrogens (tertiary/aromatic N) is 2. The van der Waals surface area contributed by atoms with Crippen LogP contribution in [-0.4, -0.2) is 4.57 Å². The highest BCUT2D eigenvalue weighted by molar-refractivity contribution is 5.25. The Kier molecular flexibility index (Phi) is 2.86. The van der Waals surface area contributed by atoms with E-state index in [4.69, 9.17) is 5.26 Å². The number of nitriles is 1. The summed E-state index contributed by atoms with van der Waals surface area (Å²) in [6, 6.07) is 5.71. The molecule has 0 amide bonds. The normalized spacial score (nSPS) is 13.5. The molecule has 0 fully saturated rings. The van der Waals surface area contributed by atoms with Gasteiger partial charge in [-0.3, -0.25) is 4.79 Å². The Morgan fingerprint density at radius 2 is 2.27 bits per heavy atom. The molecule has 1 aliphatic rings. The van der Waals surface area contributed by atoms with Gasteiger partial charge in [0.15, 0.2) is 0 Å². The molecule has 0 bridgehead atoms. The van der Waals surface area contributed by atoms with Crippen molar-refractivity contribution in [3.8, 4) is 6.07 Å². The number of hydrogen-bond acceptors (Lipinski definition) is 2. The molecule has 0 N–H and O–H groups in total. The molecular formula is C12H14N2O. The van der Waals surface area contributed by atoms with Gasteiger partial charge in [-0.15, -0.1) is 0 Å². The summed E-state index contributed by atoms with van der Waals surface area (Å²) in [4.78, 5) is 11.7. The van der Waals surface area contributed by atoms with Gasteiger partial charge in [0.25, 0.3) is 5.56 Å². The Hall–Kier alpha value is -1.56. The molecule has 1 aliphatic carbocycles. The number of fused-ring (bicyclic) bond motifs is 1. The van der Waals surface area contributed by atoms with Crippen LogP contribution in [0.2, 0.25) is 0 Å². The van der Waals surface area contributed by atoms with Crippen LogP contribution in [0.25, 0.3) is 0 Å². The Balaban J connectivity index is 2.26. The molecule has 0 aliphatic heterocycles. The number of aryl methyl sites for hydroxylation is 1. The summed E-state index contributed by atoms with van der Waals surface area (Å²) in [5.41, 5.74) is 2.58. The largest absolute Gasteiger partial charge is 0.312 e. The molecule has 0 spiro atoms. The van der Waals surface area contributed by atoms with Crippen LogP contribution < -0.4 is 5.56 Å². The van der Waals surface area contributed by atoms with Crippen molar-refractivity contribution in [3.05, 3.63) is 33.7 Å². The van der Waals surface area contributed by atoms with E-state index < -0.39 is 0 Å². The van der Waals surface area contributed by atoms with Crippen LogP contribution in [0.15, 0.2) is 16.9 Å². The van der Waals surface area contributed by atoms with E-state index in [1.807, 2.05) is 10.6 Å². The lowest BCUT2D eigenvalue weighted by Gasteiger charge is -2.10. The van der Waals surface area contributed by atoms with Gasteiger partial charge in [0.1, 0.15) is 0 Å². The molecule has 1 heterocycles. The molecular weight excluding hydrogens is 188 g/mol. The second kappa shape index (κ2) is 4.31. The molecule has 0 aromatic carbocycles. The summed E-state index contributed by atoms with van der Waals surface area (Å²) < 4.78 is 1.85. The molecule has 0 saturated heterocycles. The predicted octanol–water partition coefficient (Wildman–Crippen LogP) is 1.64. The van der Waals surface area contributed by atoms with Gasteiger partial charge >= 0.3 is 0 Å². The van der Waals surface area contributed by atoms with Gasteiger partial charge in [-0.05, 0) is 31.2 Å². The molecule has 1 aromatic heterocycles. The third kappa shape index (κ3) is 1.94. The van der Waals surface area contributed by atoms with Gasteiger partial charge in [0.2, 0.25) is 0 Å². The number of pyridine rings is 1. The molecule has 2 rings (SSSR count). The van der Waals surface area contributed by atoms with E-state index in [0.29, 0.717) is 13.0 Å². The molecule has 0 radical (unpaired) electrons. The van der Waals surface area contributed by atoms with Crippen LogP contribution in [0.1, 0.15) is 30.5 Å². The predicted molar refractivity (Wildman–Crippen MR) is 57.6 cm³/mol. The first-order valence-electron chi connectivity index (χ1n) is 5.41. The first-order chi connectivity index (χ1) is 7.33. The molecule has 78 valence electrons. The lowest BCUT2D eigenvalue weighted by molar-refractivity contribution is 0.605. The van der Waals surface area contributed by atoms with Crippen LogP contribution >= 0.6 is 0 Å². The van der Waals surface area contributed by atoms with E-state index >= 15 is 0 Å². The summed E-state index contributed by atoms with van der Waals surface area (Å²) >= 11 is 0. The standard InChI is InChI=1S/C12H14N2O/c13-8-1-2-9-14-11-5-3-4-10(11)6-7-12(14)15/h6-7H,1-5,9H2. The molecule has 0 atom stereocenters. The quantitative estimate of drug-likeness (QED) is 0.699. The van der Waals surface area contributed by atoms with Crippen molar-refractivity contribution in [2.45, 2.75) is 38.6 Å². The van der Waals surface area contributed by atoms with Crippen molar-refractivity contribution in [1.29, 1.82) is 5.26 Å². The number of rotatable bonds is 3. The smallest absolute Gasteiger partial charge is 0.250 e. The zero-order valence-electron chi connectivity index (χ0n) is 8.70. The number of unbranched alkanes of at least 4 members (excludes halogenated alkanes) is 1. The summed E-state index contributed by atoms with van der Waals surface area (Å²) in [5, 5.41) is 8.47. The average molecular weight is 202 g/mol. The fraction of sp³-hybridized carbons (Fsp3) is 0.500. The summed E-state index contributed by atoms with van der Waals surface area (Å²) in [5.74, 6) is 0. The van der Waals surface area contributed by atoms with Crippen molar-refractivity contribution in [2.24, 2.45) is 0 Å². The van der Waals surface area contributed by atoms with Gasteiger partial charge < -0.3 is 4.57 Å². The Morgan fingerprint density at radius 1 is 1.40 bits per heavy atom. The van der Waals surface area contributed by atoms with Crippen LogP contribution in [-0.2, 0) is 19.4 Å². The van der Waals surface area contributed by atoms with E-state index in [1.165, 1.54) is 11.3 Å². The van der Waals surface area contributed by atoms with E-state index in [1.54, 1.807) is 6.07 Å². The molecule has 1 aromatic rings. The maximum Gasteiger partial charge on any atom is 0.250 e. The van der Waals surface area contributed by atoms with Crippen molar-refractivity contribution in [3.63, 3.8) is 0 Å². The maximum absolute atomic E-state index is 11.7. The van der Waals surface area contributed by atoms with Gasteiger partial charge in [-0.2, -0.15) is 5.26 Å². The third-order valence-electron chi connectivity index (χ3n) is 2.92. The highest BCUT2D eigenvalue weighted by atomic mass is 16.1. The first kappa shape index (κ1) is 9.97. The lowest BCUT2D eigenvalue weighted by atomic mass is 10.2. The Labute approximate surface area is 89.0 Å². The fourth-order valence-electron chi connectivity index (χ4n) is 2.20. The fourth-order valence-corrected chi connectivity index (χ4v) is 2.20. The van der Waals surface area contributed by atoms with Crippen molar-refractivity contribution in [1.82, 2.24) is 4.57 Å². The summed E-state index contributed by atoms with van der Waals surface area (Å²) in [7, 11) is 0. The zero-order valence-corrected chi connectivity index (χ0v) is 8.70. The van der Waals surface area contributed by atoms with Crippen LogP contribution in [0, 0.1) is 11.3 Å². The van der Waals surface area contributed by atoms with Gasteiger partial charge in [0.05, 0.1) is 6.07 Å². The second-order valence-corrected chi connectivity index (χ2v) is 3.91. The lowest BCUT2D eigenvalue weighted by Crippen LogP contribution is -2.22. The van der Waals surface area contributed by atoms with Gasteiger partial charge in [-0.1, -0.05) is 6.07 Å². The minimum Gasteiger partial charge on any atom is -0.312 e.